The fourth-order valence-corrected chi connectivity index (χ4v) is 2.61. The molecule has 0 bridgehead atoms. The molecule has 0 atom stereocenters. The molecule has 0 fully saturated rings. The predicted molar refractivity (Wildman–Crippen MR) is 141 cm³/mol. The number of carboxylic acid groups (broad SMARTS) is 8. The van der Waals surface area contributed by atoms with E-state index in [-0.39, 0.29) is 0 Å². The standard InChI is InChI=1S/2C10H6O8.4CH4O/c2*11-7(12)3-1-4(8(13)14)6(10(17)18)2-5(3)9(15)16;4*1-2/h2*1-2H,(H,11,12)(H,13,14)(H,15,16)(H,17,18);4*2H,1H3. The van der Waals surface area contributed by atoms with Crippen LogP contribution in [0.5, 0.6) is 0 Å². The molecule has 244 valence electrons. The maximum Gasteiger partial charge on any atom is 0.336 e. The van der Waals surface area contributed by atoms with Gasteiger partial charge in [0.25, 0.3) is 0 Å². The second kappa shape index (κ2) is 22.7. The van der Waals surface area contributed by atoms with E-state index in [4.69, 9.17) is 61.3 Å². The van der Waals surface area contributed by atoms with Gasteiger partial charge in [-0.05, 0) is 24.3 Å². The number of hydrogen-bond donors (Lipinski definition) is 12. The van der Waals surface area contributed by atoms with Crippen LogP contribution in [-0.2, 0) is 0 Å². The van der Waals surface area contributed by atoms with Crippen molar-refractivity contribution < 1.29 is 99.6 Å². The molecule has 0 aliphatic rings. The predicted octanol–water partition coefficient (Wildman–Crippen LogP) is -0.607. The lowest BCUT2D eigenvalue weighted by molar-refractivity contribution is 0.0637. The highest BCUT2D eigenvalue weighted by Crippen LogP contribution is 2.19. The zero-order chi connectivity index (χ0) is 36.1. The number of aromatic carboxylic acids is 8. The van der Waals surface area contributed by atoms with E-state index in [9.17, 15) is 38.4 Å². The van der Waals surface area contributed by atoms with E-state index in [1.54, 1.807) is 0 Å². The first-order chi connectivity index (χ1) is 20.5. The van der Waals surface area contributed by atoms with Crippen LogP contribution >= 0.6 is 0 Å². The van der Waals surface area contributed by atoms with Crippen molar-refractivity contribution in [1.29, 1.82) is 0 Å². The largest absolute Gasteiger partial charge is 0.478 e. The Kier molecular flexibility index (Phi) is 23.2. The number of rotatable bonds is 8. The zero-order valence-electron chi connectivity index (χ0n) is 22.9. The van der Waals surface area contributed by atoms with Crippen LogP contribution in [0.1, 0.15) is 82.9 Å². The molecular formula is C24H28O20. The monoisotopic (exact) mass is 636 g/mol. The van der Waals surface area contributed by atoms with Crippen LogP contribution in [0, 0.1) is 0 Å². The summed E-state index contributed by atoms with van der Waals surface area (Å²) in [5.74, 6) is -13.3. The quantitative estimate of drug-likeness (QED) is 0.172. The Morgan fingerprint density at radius 3 is 0.386 bits per heavy atom. The van der Waals surface area contributed by atoms with Crippen molar-refractivity contribution in [3.63, 3.8) is 0 Å². The molecule has 0 unspecified atom stereocenters. The van der Waals surface area contributed by atoms with E-state index in [1.807, 2.05) is 0 Å². The molecule has 0 aromatic heterocycles. The van der Waals surface area contributed by atoms with E-state index in [2.05, 4.69) is 0 Å². The van der Waals surface area contributed by atoms with Crippen LogP contribution in [0.3, 0.4) is 0 Å². The number of benzene rings is 2. The van der Waals surface area contributed by atoms with E-state index in [0.29, 0.717) is 24.3 Å². The lowest BCUT2D eigenvalue weighted by Gasteiger charge is -2.06. The van der Waals surface area contributed by atoms with E-state index >= 15 is 0 Å². The summed E-state index contributed by atoms with van der Waals surface area (Å²) < 4.78 is 0. The summed E-state index contributed by atoms with van der Waals surface area (Å²) in [7, 11) is 4.00. The average molecular weight is 636 g/mol. The van der Waals surface area contributed by atoms with Gasteiger partial charge in [0.2, 0.25) is 0 Å². The van der Waals surface area contributed by atoms with E-state index < -0.39 is 92.3 Å². The van der Waals surface area contributed by atoms with Crippen molar-refractivity contribution in [2.75, 3.05) is 28.4 Å². The van der Waals surface area contributed by atoms with Gasteiger partial charge < -0.3 is 61.3 Å². The normalized spacial score (nSPS) is 8.55. The van der Waals surface area contributed by atoms with Gasteiger partial charge in [-0.2, -0.15) is 0 Å². The van der Waals surface area contributed by atoms with Crippen LogP contribution in [-0.4, -0.2) is 137 Å². The molecule has 20 heteroatoms. The number of aliphatic hydroxyl groups is 4. The fraction of sp³-hybridized carbons (Fsp3) is 0.167. The van der Waals surface area contributed by atoms with Crippen LogP contribution in [0.15, 0.2) is 24.3 Å². The molecule has 2 aromatic carbocycles. The minimum absolute atomic E-state index is 0.511. The Balaban J connectivity index is -0.000000296. The molecule has 0 amide bonds. The third-order valence-corrected chi connectivity index (χ3v) is 4.16. The Hall–Kier alpha value is -5.96. The van der Waals surface area contributed by atoms with Crippen molar-refractivity contribution in [2.45, 2.75) is 0 Å². The highest BCUT2D eigenvalue weighted by atomic mass is 16.4. The van der Waals surface area contributed by atoms with Gasteiger partial charge in [0.05, 0.1) is 44.5 Å². The first-order valence-corrected chi connectivity index (χ1v) is 10.5. The summed E-state index contributed by atoms with van der Waals surface area (Å²) in [6, 6.07) is 2.05. The summed E-state index contributed by atoms with van der Waals surface area (Å²) in [5.41, 5.74) is -6.30. The van der Waals surface area contributed by atoms with Gasteiger partial charge in [-0.3, -0.25) is 0 Å². The highest BCUT2D eigenvalue weighted by molar-refractivity contribution is 6.10. The van der Waals surface area contributed by atoms with Gasteiger partial charge in [0, 0.05) is 28.4 Å². The molecule has 12 N–H and O–H groups in total. The van der Waals surface area contributed by atoms with Crippen molar-refractivity contribution in [3.05, 3.63) is 68.8 Å². The van der Waals surface area contributed by atoms with E-state index in [1.165, 1.54) is 0 Å². The van der Waals surface area contributed by atoms with Gasteiger partial charge in [-0.25, -0.2) is 38.4 Å². The van der Waals surface area contributed by atoms with Gasteiger partial charge in [-0.15, -0.1) is 0 Å². The molecule has 0 aliphatic carbocycles. The van der Waals surface area contributed by atoms with Gasteiger partial charge >= 0.3 is 47.8 Å². The molecule has 0 aliphatic heterocycles. The molecule has 0 heterocycles. The lowest BCUT2D eigenvalue weighted by atomic mass is 9.98. The molecule has 2 aromatic rings. The Morgan fingerprint density at radius 1 is 0.273 bits per heavy atom. The second-order valence-electron chi connectivity index (χ2n) is 6.33. The molecular weight excluding hydrogens is 608 g/mol. The van der Waals surface area contributed by atoms with Crippen molar-refractivity contribution in [1.82, 2.24) is 0 Å². The maximum absolute atomic E-state index is 10.8. The molecule has 2 rings (SSSR count). The molecule has 0 saturated heterocycles. The second-order valence-corrected chi connectivity index (χ2v) is 6.33. The summed E-state index contributed by atoms with van der Waals surface area (Å²) >= 11 is 0. The lowest BCUT2D eigenvalue weighted by Crippen LogP contribution is -2.15. The van der Waals surface area contributed by atoms with Crippen molar-refractivity contribution in [2.24, 2.45) is 0 Å². The third kappa shape index (κ3) is 13.1. The minimum atomic E-state index is -1.66. The van der Waals surface area contributed by atoms with Crippen LogP contribution < -0.4 is 0 Å². The van der Waals surface area contributed by atoms with Crippen LogP contribution in [0.2, 0.25) is 0 Å². The minimum Gasteiger partial charge on any atom is -0.478 e. The smallest absolute Gasteiger partial charge is 0.336 e. The van der Waals surface area contributed by atoms with Crippen molar-refractivity contribution >= 4 is 47.8 Å². The van der Waals surface area contributed by atoms with Crippen molar-refractivity contribution in [3.8, 4) is 0 Å². The Bertz CT molecular complexity index is 1060. The molecule has 44 heavy (non-hydrogen) atoms. The average Bonchev–Trinajstić information content (AvgIpc) is 2.99. The zero-order valence-corrected chi connectivity index (χ0v) is 22.9. The topological polar surface area (TPSA) is 379 Å². The van der Waals surface area contributed by atoms with E-state index in [0.717, 1.165) is 28.4 Å². The SMILES string of the molecule is CO.CO.CO.CO.O=C(O)c1cc(C(=O)O)c(C(=O)O)cc1C(=O)O.O=C(O)c1cc(C(=O)O)c(C(=O)O)cc1C(=O)O. The summed E-state index contributed by atoms with van der Waals surface area (Å²) in [4.78, 5) is 86.2. The highest BCUT2D eigenvalue weighted by Gasteiger charge is 2.26. The first-order valence-electron chi connectivity index (χ1n) is 10.5. The Labute approximate surface area is 245 Å². The van der Waals surface area contributed by atoms with Crippen LogP contribution in [0.25, 0.3) is 0 Å². The van der Waals surface area contributed by atoms with Gasteiger partial charge in [0.15, 0.2) is 0 Å². The number of carbonyl (C=O) groups is 8. The van der Waals surface area contributed by atoms with Crippen LogP contribution in [0.4, 0.5) is 0 Å². The fourth-order valence-electron chi connectivity index (χ4n) is 2.61. The molecule has 0 radical (unpaired) electrons. The molecule has 0 spiro atoms. The maximum atomic E-state index is 10.8. The summed E-state index contributed by atoms with van der Waals surface area (Å²) in [6.07, 6.45) is 0. The Morgan fingerprint density at radius 2 is 0.341 bits per heavy atom. The first kappa shape index (κ1) is 45.0. The molecule has 0 saturated carbocycles. The molecule has 20 nitrogen and oxygen atoms in total. The number of carboxylic acids is 8. The number of aliphatic hydroxyl groups excluding tert-OH is 4. The summed E-state index contributed by atoms with van der Waals surface area (Å²) in [5, 5.41) is 98.0. The third-order valence-electron chi connectivity index (χ3n) is 4.16. The van der Waals surface area contributed by atoms with Gasteiger partial charge in [-0.1, -0.05) is 0 Å². The number of hydrogen-bond acceptors (Lipinski definition) is 12. The summed E-state index contributed by atoms with van der Waals surface area (Å²) in [6.45, 7) is 0. The van der Waals surface area contributed by atoms with Gasteiger partial charge in [0.1, 0.15) is 0 Å².